The fourth-order valence-corrected chi connectivity index (χ4v) is 3.24. The van der Waals surface area contributed by atoms with E-state index in [0.29, 0.717) is 5.56 Å². The van der Waals surface area contributed by atoms with E-state index in [-0.39, 0.29) is 0 Å². The first-order valence-electron chi connectivity index (χ1n) is 9.33. The number of hydrogen-bond acceptors (Lipinski definition) is 0. The minimum atomic E-state index is -2.10. The Bertz CT molecular complexity index is 758. The highest BCUT2D eigenvalue weighted by atomic mass is 14.9. The number of hydrogen-bond donors (Lipinski definition) is 0. The van der Waals surface area contributed by atoms with Gasteiger partial charge in [-0.05, 0) is 49.7 Å². The molecule has 3 rings (SSSR count). The first-order chi connectivity index (χ1) is 11.2. The summed E-state index contributed by atoms with van der Waals surface area (Å²) in [5.74, 6) is -0.531. The summed E-state index contributed by atoms with van der Waals surface area (Å²) in [7, 11) is 1.88. The van der Waals surface area contributed by atoms with Crippen molar-refractivity contribution in [1.29, 1.82) is 0 Å². The van der Waals surface area contributed by atoms with Crippen LogP contribution < -0.4 is 4.57 Å². The second kappa shape index (κ2) is 5.40. The van der Waals surface area contributed by atoms with Crippen molar-refractivity contribution in [2.45, 2.75) is 45.4 Å². The maximum absolute atomic E-state index is 8.92. The number of aryl methyl sites for hydroxylation is 3. The predicted octanol–water partition coefficient (Wildman–Crippen LogP) is 4.45. The molecule has 0 unspecified atom stereocenters. The van der Waals surface area contributed by atoms with E-state index in [1.165, 1.54) is 0 Å². The van der Waals surface area contributed by atoms with Gasteiger partial charge in [0.2, 0.25) is 5.69 Å². The van der Waals surface area contributed by atoms with Crippen LogP contribution in [0.4, 0.5) is 0 Å². The molecular weight excluding hydrogens is 242 g/mol. The molecule has 1 heteroatoms. The molecule has 1 heterocycles. The van der Waals surface area contributed by atoms with Crippen LogP contribution in [0.25, 0.3) is 11.3 Å². The van der Waals surface area contributed by atoms with Crippen LogP contribution in [0.2, 0.25) is 0 Å². The average molecular weight is 270 g/mol. The average Bonchev–Trinajstić information content (AvgIpc) is 2.94. The molecule has 1 nitrogen and oxygen atoms in total. The second-order valence-corrected chi connectivity index (χ2v) is 5.72. The van der Waals surface area contributed by atoms with Gasteiger partial charge in [0.15, 0.2) is 6.20 Å². The third-order valence-corrected chi connectivity index (χ3v) is 4.25. The Morgan fingerprint density at radius 1 is 1.20 bits per heavy atom. The predicted molar refractivity (Wildman–Crippen MR) is 83.7 cm³/mol. The van der Waals surface area contributed by atoms with E-state index >= 15 is 0 Å². The summed E-state index contributed by atoms with van der Waals surface area (Å²) in [6, 6.07) is 9.72. The molecular formula is C19H24N+. The second-order valence-electron chi connectivity index (χ2n) is 5.72. The van der Waals surface area contributed by atoms with Crippen LogP contribution in [0.15, 0.2) is 36.5 Å². The zero-order valence-corrected chi connectivity index (χ0v) is 12.2. The summed E-state index contributed by atoms with van der Waals surface area (Å²) in [6.45, 7) is -0.0399. The minimum Gasteiger partial charge on any atom is -0.201 e. The highest BCUT2D eigenvalue weighted by Gasteiger charge is 2.24. The normalized spacial score (nSPS) is 20.9. The zero-order chi connectivity index (χ0) is 17.5. The Kier molecular flexibility index (Phi) is 2.52. The number of benzene rings is 1. The highest BCUT2D eigenvalue weighted by molar-refractivity contribution is 5.66. The van der Waals surface area contributed by atoms with E-state index in [1.807, 2.05) is 23.7 Å². The fourth-order valence-electron chi connectivity index (χ4n) is 3.24. The lowest BCUT2D eigenvalue weighted by atomic mass is 9.88. The van der Waals surface area contributed by atoms with E-state index in [9.17, 15) is 0 Å². The molecule has 1 aromatic carbocycles. The van der Waals surface area contributed by atoms with Crippen molar-refractivity contribution in [3.05, 3.63) is 53.2 Å². The number of aromatic nitrogens is 1. The third-order valence-electron chi connectivity index (χ3n) is 4.25. The first-order valence-corrected chi connectivity index (χ1v) is 7.33. The molecule has 0 amide bonds. The SMILES string of the molecule is [2H]C([2H])([2H])c1ccc(-c2c(C)cccc2C2([2H])CCCC2)[n+](C)c1. The molecule has 0 bridgehead atoms. The summed E-state index contributed by atoms with van der Waals surface area (Å²) >= 11 is 0. The zero-order valence-electron chi connectivity index (χ0n) is 16.2. The van der Waals surface area contributed by atoms with E-state index in [1.54, 1.807) is 12.3 Å². The van der Waals surface area contributed by atoms with Gasteiger partial charge >= 0.3 is 0 Å². The van der Waals surface area contributed by atoms with Gasteiger partial charge in [0, 0.05) is 17.1 Å². The van der Waals surface area contributed by atoms with Gasteiger partial charge in [0.05, 0.1) is 5.56 Å². The van der Waals surface area contributed by atoms with Crippen molar-refractivity contribution in [1.82, 2.24) is 0 Å². The van der Waals surface area contributed by atoms with Crippen LogP contribution in [-0.2, 0) is 7.05 Å². The van der Waals surface area contributed by atoms with Crippen molar-refractivity contribution in [2.24, 2.45) is 7.05 Å². The van der Waals surface area contributed by atoms with E-state index < -0.39 is 12.7 Å². The Balaban J connectivity index is 2.17. The van der Waals surface area contributed by atoms with Crippen LogP contribution in [0, 0.1) is 13.8 Å². The molecule has 104 valence electrons. The van der Waals surface area contributed by atoms with Gasteiger partial charge in [-0.15, -0.1) is 0 Å². The maximum Gasteiger partial charge on any atom is 0.212 e. The van der Waals surface area contributed by atoms with Gasteiger partial charge in [-0.3, -0.25) is 0 Å². The summed E-state index contributed by atoms with van der Waals surface area (Å²) in [5.41, 5.74) is 4.58. The van der Waals surface area contributed by atoms with Crippen molar-refractivity contribution in [2.75, 3.05) is 0 Å². The largest absolute Gasteiger partial charge is 0.212 e. The number of nitrogens with zero attached hydrogens (tertiary/aromatic N) is 1. The molecule has 20 heavy (non-hydrogen) atoms. The van der Waals surface area contributed by atoms with Crippen molar-refractivity contribution >= 4 is 0 Å². The monoisotopic (exact) mass is 270 g/mol. The first kappa shape index (κ1) is 9.33. The lowest BCUT2D eigenvalue weighted by Crippen LogP contribution is -2.31. The van der Waals surface area contributed by atoms with Crippen LogP contribution in [-0.4, -0.2) is 0 Å². The lowest BCUT2D eigenvalue weighted by molar-refractivity contribution is -0.660. The van der Waals surface area contributed by atoms with Crippen molar-refractivity contribution in [3.8, 4) is 11.3 Å². The highest BCUT2D eigenvalue weighted by Crippen LogP contribution is 2.39. The van der Waals surface area contributed by atoms with E-state index in [2.05, 4.69) is 19.1 Å². The minimum absolute atomic E-state index is 0.338. The van der Waals surface area contributed by atoms with E-state index in [4.69, 9.17) is 5.48 Å². The molecule has 0 atom stereocenters. The number of rotatable bonds is 2. The molecule has 1 aliphatic carbocycles. The molecule has 0 radical (unpaired) electrons. The fraction of sp³-hybridized carbons (Fsp3) is 0.421. The van der Waals surface area contributed by atoms with Gasteiger partial charge < -0.3 is 0 Å². The van der Waals surface area contributed by atoms with Crippen LogP contribution in [0.3, 0.4) is 0 Å². The third kappa shape index (κ3) is 2.37. The molecule has 1 saturated carbocycles. The van der Waals surface area contributed by atoms with Crippen molar-refractivity contribution in [3.63, 3.8) is 0 Å². The molecule has 0 N–H and O–H groups in total. The maximum atomic E-state index is 8.92. The Labute approximate surface area is 127 Å². The molecule has 1 aliphatic rings. The molecule has 2 aromatic rings. The van der Waals surface area contributed by atoms with Gasteiger partial charge in [-0.1, -0.05) is 31.0 Å². The Morgan fingerprint density at radius 2 is 2.00 bits per heavy atom. The topological polar surface area (TPSA) is 3.88 Å². The van der Waals surface area contributed by atoms with Crippen LogP contribution in [0.1, 0.15) is 53.8 Å². The molecule has 1 fully saturated rings. The van der Waals surface area contributed by atoms with Gasteiger partial charge in [-0.2, -0.15) is 0 Å². The summed E-state index contributed by atoms with van der Waals surface area (Å²) in [4.78, 5) is 0. The molecule has 0 saturated heterocycles. The van der Waals surface area contributed by atoms with Gasteiger partial charge in [0.1, 0.15) is 7.05 Å². The smallest absolute Gasteiger partial charge is 0.201 e. The summed E-state index contributed by atoms with van der Waals surface area (Å²) in [6.07, 6.45) is 5.66. The quantitative estimate of drug-likeness (QED) is 0.710. The van der Waals surface area contributed by atoms with Crippen LogP contribution in [0.5, 0.6) is 0 Å². The standard InChI is InChI=1S/C19H24N/c1-14-11-12-18(20(3)13-14)19-15(2)7-6-10-17(19)16-8-4-5-9-16/h6-7,10-13,16H,4-5,8-9H2,1-3H3/q+1/i1D3,16D. The van der Waals surface area contributed by atoms with Gasteiger partial charge in [0.25, 0.3) is 0 Å². The van der Waals surface area contributed by atoms with Crippen LogP contribution >= 0.6 is 0 Å². The Morgan fingerprint density at radius 3 is 2.70 bits per heavy atom. The molecule has 0 aliphatic heterocycles. The Hall–Kier alpha value is -1.63. The summed E-state index contributed by atoms with van der Waals surface area (Å²) < 4.78 is 33.6. The van der Waals surface area contributed by atoms with Crippen molar-refractivity contribution < 1.29 is 10.1 Å². The molecule has 0 spiro atoms. The number of pyridine rings is 1. The molecule has 1 aromatic heterocycles. The van der Waals surface area contributed by atoms with E-state index in [0.717, 1.165) is 48.1 Å². The van der Waals surface area contributed by atoms with Gasteiger partial charge in [-0.25, -0.2) is 4.57 Å². The summed E-state index contributed by atoms with van der Waals surface area (Å²) in [5, 5.41) is 0. The lowest BCUT2D eigenvalue weighted by Gasteiger charge is -2.16.